The van der Waals surface area contributed by atoms with Gasteiger partial charge in [0.05, 0.1) is 11.8 Å². The summed E-state index contributed by atoms with van der Waals surface area (Å²) in [6.07, 6.45) is 8.20. The molecule has 0 saturated heterocycles. The van der Waals surface area contributed by atoms with Crippen molar-refractivity contribution >= 4 is 120 Å². The van der Waals surface area contributed by atoms with E-state index in [1.165, 1.54) is 130 Å². The predicted octanol–water partition coefficient (Wildman–Crippen LogP) is 21.8. The van der Waals surface area contributed by atoms with Crippen molar-refractivity contribution in [1.82, 2.24) is 0 Å². The zero-order valence-corrected chi connectivity index (χ0v) is 48.5. The van der Waals surface area contributed by atoms with Crippen LogP contribution in [0.5, 0.6) is 0 Å². The lowest BCUT2D eigenvalue weighted by Gasteiger charge is -2.32. The Balaban J connectivity index is 0.000000159. The molecule has 4 heteroatoms. The number of hydrogen-bond acceptors (Lipinski definition) is 4. The topological polar surface area (TPSA) is 52.6 Å². The average molecular weight is 1090 g/mol. The third-order valence-electron chi connectivity index (χ3n) is 19.3. The number of unbranched alkanes of at least 4 members (excludes halogenated alkanes) is 2. The molecule has 4 unspecified atom stereocenters. The number of carbonyl (C=O) groups is 2. The molecule has 2 aliphatic carbocycles. The van der Waals surface area contributed by atoms with Crippen LogP contribution in [0.25, 0.3) is 130 Å². The molecule has 14 aromatic rings. The Morgan fingerprint density at radius 2 is 0.714 bits per heavy atom. The summed E-state index contributed by atoms with van der Waals surface area (Å²) < 4.78 is 12.9. The van der Waals surface area contributed by atoms with Crippen LogP contribution in [0.3, 0.4) is 0 Å². The minimum atomic E-state index is -0.339. The van der Waals surface area contributed by atoms with Crippen LogP contribution in [0.15, 0.2) is 194 Å². The largest absolute Gasteiger partial charge is 0.457 e. The fraction of sp³-hybridized carbons (Fsp3) is 0.225. The molecule has 16 rings (SSSR count). The van der Waals surface area contributed by atoms with Gasteiger partial charge in [-0.05, 0) is 191 Å². The Hall–Kier alpha value is -8.86. The van der Waals surface area contributed by atoms with Crippen LogP contribution in [-0.4, -0.2) is 11.9 Å². The fourth-order valence-corrected chi connectivity index (χ4v) is 15.1. The quantitative estimate of drug-likeness (QED) is 0.0695. The second-order valence-corrected chi connectivity index (χ2v) is 24.1. The summed E-state index contributed by atoms with van der Waals surface area (Å²) in [6.45, 7) is 8.53. The van der Waals surface area contributed by atoms with E-state index >= 15 is 0 Å². The normalized spacial score (nSPS) is 15.4. The summed E-state index contributed by atoms with van der Waals surface area (Å²) in [4.78, 5) is 27.3. The van der Waals surface area contributed by atoms with Crippen molar-refractivity contribution in [2.75, 3.05) is 0 Å². The highest BCUT2D eigenvalue weighted by Crippen LogP contribution is 2.53. The lowest BCUT2D eigenvalue weighted by atomic mass is 9.76. The van der Waals surface area contributed by atoms with Gasteiger partial charge in [-0.3, -0.25) is 9.59 Å². The van der Waals surface area contributed by atoms with Crippen molar-refractivity contribution in [2.45, 2.75) is 104 Å². The Kier molecular flexibility index (Phi) is 13.0. The number of hydrogen-bond donors (Lipinski definition) is 0. The summed E-state index contributed by atoms with van der Waals surface area (Å²) >= 11 is 0. The molecule has 2 aliphatic rings. The molecule has 0 N–H and O–H groups in total. The van der Waals surface area contributed by atoms with E-state index in [-0.39, 0.29) is 36.0 Å². The van der Waals surface area contributed by atoms with E-state index < -0.39 is 0 Å². The maximum absolute atomic E-state index is 13.6. The van der Waals surface area contributed by atoms with Crippen molar-refractivity contribution in [3.05, 3.63) is 216 Å². The first kappa shape index (κ1) is 52.0. The molecule has 0 heterocycles. The molecule has 0 spiro atoms. The second kappa shape index (κ2) is 21.1. The lowest BCUT2D eigenvalue weighted by molar-refractivity contribution is -0.156. The molecule has 84 heavy (non-hydrogen) atoms. The van der Waals surface area contributed by atoms with Gasteiger partial charge in [-0.2, -0.15) is 0 Å². The highest BCUT2D eigenvalue weighted by Gasteiger charge is 2.35. The Morgan fingerprint density at radius 1 is 0.369 bits per heavy atom. The van der Waals surface area contributed by atoms with Gasteiger partial charge in [-0.15, -0.1) is 0 Å². The first-order chi connectivity index (χ1) is 41.3. The zero-order chi connectivity index (χ0) is 56.7. The molecule has 4 atom stereocenters. The first-order valence-electron chi connectivity index (χ1n) is 31.0. The average Bonchev–Trinajstić information content (AvgIpc) is 1.53. The van der Waals surface area contributed by atoms with Gasteiger partial charge in [0.15, 0.2) is 0 Å². The van der Waals surface area contributed by atoms with E-state index in [1.54, 1.807) is 0 Å². The second-order valence-electron chi connectivity index (χ2n) is 24.1. The van der Waals surface area contributed by atoms with Crippen LogP contribution in [0.1, 0.15) is 114 Å². The Morgan fingerprint density at radius 3 is 1.14 bits per heavy atom. The summed E-state index contributed by atoms with van der Waals surface area (Å²) in [5, 5.41) is 25.9. The van der Waals surface area contributed by atoms with Crippen LogP contribution in [0, 0.1) is 11.8 Å². The van der Waals surface area contributed by atoms with Crippen molar-refractivity contribution < 1.29 is 19.1 Å². The number of carbonyl (C=O) groups excluding carboxylic acids is 2. The van der Waals surface area contributed by atoms with Gasteiger partial charge in [0.25, 0.3) is 0 Å². The minimum Gasteiger partial charge on any atom is -0.457 e. The summed E-state index contributed by atoms with van der Waals surface area (Å²) in [6, 6.07) is 71.4. The van der Waals surface area contributed by atoms with Gasteiger partial charge >= 0.3 is 11.9 Å². The van der Waals surface area contributed by atoms with E-state index in [4.69, 9.17) is 9.47 Å². The van der Waals surface area contributed by atoms with Crippen LogP contribution in [0.4, 0.5) is 0 Å². The standard InChI is InChI=1S/C48H50O4.C32H18/c1-5-9-15-29(7-3)47(49)51-41-27-31-17-11-13-19-35(31)45-37-23-22-34-26-40-42(52-48(50)30(8-4)16-10-6-2)28-32-18-12-14-20-36(32)46(40)38-24-21-33(25-39(41)45)43(37)44(34)38;1-3-7-25-19(5-1)9-11-21-17-23-14-16-28-30-22(12-10-20-6-2-4-8-26(20)30)18-24-13-15-27(29(21)25)31(23)32(24)28/h11-14,17-26,29-30,41-42H,5-10,15-16,27-28H2,1-4H3;1-18H. The van der Waals surface area contributed by atoms with Gasteiger partial charge in [0, 0.05) is 24.0 Å². The monoisotopic (exact) mass is 1090 g/mol. The molecule has 4 nitrogen and oxygen atoms in total. The van der Waals surface area contributed by atoms with Gasteiger partial charge in [0.2, 0.25) is 0 Å². The van der Waals surface area contributed by atoms with Crippen LogP contribution < -0.4 is 0 Å². The first-order valence-corrected chi connectivity index (χ1v) is 31.0. The summed E-state index contributed by atoms with van der Waals surface area (Å²) in [5.74, 6) is -0.306. The van der Waals surface area contributed by atoms with Crippen LogP contribution >= 0.6 is 0 Å². The van der Waals surface area contributed by atoms with E-state index in [0.717, 1.165) is 73.3 Å². The smallest absolute Gasteiger partial charge is 0.309 e. The van der Waals surface area contributed by atoms with Gasteiger partial charge in [-0.1, -0.05) is 223 Å². The van der Waals surface area contributed by atoms with Crippen molar-refractivity contribution in [2.24, 2.45) is 11.8 Å². The van der Waals surface area contributed by atoms with Crippen molar-refractivity contribution in [1.29, 1.82) is 0 Å². The molecule has 14 aromatic carbocycles. The third kappa shape index (κ3) is 8.38. The molecule has 0 bridgehead atoms. The lowest BCUT2D eigenvalue weighted by Crippen LogP contribution is -2.23. The number of rotatable bonds is 12. The highest BCUT2D eigenvalue weighted by molar-refractivity contribution is 6.37. The third-order valence-corrected chi connectivity index (χ3v) is 19.3. The highest BCUT2D eigenvalue weighted by atomic mass is 16.5. The maximum atomic E-state index is 13.6. The molecule has 0 amide bonds. The Labute approximate surface area is 490 Å². The molecule has 412 valence electrons. The van der Waals surface area contributed by atoms with Gasteiger partial charge in [-0.25, -0.2) is 0 Å². The molecule has 0 radical (unpaired) electrons. The number of ether oxygens (including phenoxy) is 2. The van der Waals surface area contributed by atoms with E-state index in [9.17, 15) is 9.59 Å². The summed E-state index contributed by atoms with van der Waals surface area (Å²) in [5.41, 5.74) is 9.39. The molecular formula is C80H68O4. The molecule has 0 aromatic heterocycles. The number of esters is 2. The van der Waals surface area contributed by atoms with E-state index in [0.29, 0.717) is 12.8 Å². The molecule has 0 saturated carbocycles. The molecule has 0 aliphatic heterocycles. The molecule has 0 fully saturated rings. The zero-order valence-electron chi connectivity index (χ0n) is 48.5. The minimum absolute atomic E-state index is 0.0764. The van der Waals surface area contributed by atoms with Gasteiger partial charge < -0.3 is 9.47 Å². The maximum Gasteiger partial charge on any atom is 0.309 e. The van der Waals surface area contributed by atoms with E-state index in [2.05, 4.69) is 222 Å². The number of fused-ring (bicyclic) bond motifs is 16. The fourth-order valence-electron chi connectivity index (χ4n) is 15.1. The predicted molar refractivity (Wildman–Crippen MR) is 353 cm³/mol. The summed E-state index contributed by atoms with van der Waals surface area (Å²) in [7, 11) is 0. The number of benzene rings is 14. The van der Waals surface area contributed by atoms with E-state index in [1.807, 2.05) is 0 Å². The van der Waals surface area contributed by atoms with Gasteiger partial charge in [0.1, 0.15) is 12.2 Å². The van der Waals surface area contributed by atoms with Crippen molar-refractivity contribution in [3.8, 4) is 22.3 Å². The van der Waals surface area contributed by atoms with Crippen LogP contribution in [-0.2, 0) is 31.9 Å². The SMILES string of the molecule is CCCCC(CC)C(=O)OC1Cc2ccccc2-c2c1cc1ccc3c4c(cc5ccc2c1c53)C(OC(=O)C(CC)CCCC)Cc1ccccc1-4.c1ccc2c(c1)ccc1cc3ccc4c5c(ccc6ccccc65)cc5ccc(c12)c3c54. The van der Waals surface area contributed by atoms with Crippen molar-refractivity contribution in [3.63, 3.8) is 0 Å². The molecular weight excluding hydrogens is 1020 g/mol. The Bertz CT molecular complexity index is 4620. The van der Waals surface area contributed by atoms with Crippen LogP contribution in [0.2, 0.25) is 0 Å².